The number of rotatable bonds is 4. The minimum Gasteiger partial charge on any atom is -0.391 e. The van der Waals surface area contributed by atoms with Gasteiger partial charge in [0.25, 0.3) is 0 Å². The molecule has 1 saturated carbocycles. The van der Waals surface area contributed by atoms with E-state index in [4.69, 9.17) is 5.73 Å². The molecular formula is C15H27N3O3. The molecule has 2 rings (SSSR count). The first-order valence-electron chi connectivity index (χ1n) is 7.94. The lowest BCUT2D eigenvalue weighted by atomic mass is 9.91. The number of piperidine rings is 1. The Labute approximate surface area is 126 Å². The summed E-state index contributed by atoms with van der Waals surface area (Å²) in [4.78, 5) is 27.4. The van der Waals surface area contributed by atoms with Gasteiger partial charge in [-0.25, -0.2) is 0 Å². The molecule has 21 heavy (non-hydrogen) atoms. The van der Waals surface area contributed by atoms with Gasteiger partial charge >= 0.3 is 0 Å². The molecule has 2 aliphatic rings. The van der Waals surface area contributed by atoms with Crippen LogP contribution in [0.25, 0.3) is 0 Å². The lowest BCUT2D eigenvalue weighted by Gasteiger charge is -2.37. The van der Waals surface area contributed by atoms with Crippen LogP contribution in [0.4, 0.5) is 0 Å². The summed E-state index contributed by atoms with van der Waals surface area (Å²) in [7, 11) is 1.90. The van der Waals surface area contributed by atoms with Crippen molar-refractivity contribution in [1.82, 2.24) is 9.80 Å². The number of nitrogens with two attached hydrogens (primary N) is 1. The van der Waals surface area contributed by atoms with Crippen LogP contribution in [0.5, 0.6) is 0 Å². The van der Waals surface area contributed by atoms with Crippen LogP contribution < -0.4 is 5.73 Å². The van der Waals surface area contributed by atoms with E-state index in [1.807, 2.05) is 11.9 Å². The van der Waals surface area contributed by atoms with Crippen LogP contribution in [0.15, 0.2) is 0 Å². The van der Waals surface area contributed by atoms with Gasteiger partial charge in [0, 0.05) is 19.1 Å². The molecule has 0 aromatic heterocycles. The van der Waals surface area contributed by atoms with E-state index < -0.39 is 0 Å². The summed E-state index contributed by atoms with van der Waals surface area (Å²) in [6.07, 6.45) is 5.19. The van der Waals surface area contributed by atoms with Crippen molar-refractivity contribution in [3.8, 4) is 0 Å². The van der Waals surface area contributed by atoms with Crippen molar-refractivity contribution in [2.24, 2.45) is 11.7 Å². The normalized spacial score (nSPS) is 30.4. The maximum absolute atomic E-state index is 12.4. The molecule has 1 heterocycles. The lowest BCUT2D eigenvalue weighted by molar-refractivity contribution is -0.136. The number of aliphatic hydroxyl groups excluding tert-OH is 1. The highest BCUT2D eigenvalue weighted by Crippen LogP contribution is 2.23. The Morgan fingerprint density at radius 2 is 1.95 bits per heavy atom. The zero-order valence-corrected chi connectivity index (χ0v) is 12.8. The minimum atomic E-state index is -0.337. The van der Waals surface area contributed by atoms with Crippen molar-refractivity contribution >= 4 is 11.8 Å². The average Bonchev–Trinajstić information content (AvgIpc) is 2.47. The number of likely N-dealkylation sites (tertiary alicyclic amines) is 1. The van der Waals surface area contributed by atoms with Crippen LogP contribution in [0.1, 0.15) is 38.5 Å². The van der Waals surface area contributed by atoms with Crippen LogP contribution in [0.3, 0.4) is 0 Å². The molecule has 6 nitrogen and oxygen atoms in total. The second-order valence-electron chi connectivity index (χ2n) is 6.42. The number of likely N-dealkylation sites (N-methyl/N-ethyl adjacent to an activating group) is 1. The summed E-state index contributed by atoms with van der Waals surface area (Å²) in [5.41, 5.74) is 5.35. The fourth-order valence-electron chi connectivity index (χ4n) is 3.47. The Kier molecular flexibility index (Phi) is 5.58. The number of nitrogens with zero attached hydrogens (tertiary/aromatic N) is 2. The predicted octanol–water partition coefficient (Wildman–Crippen LogP) is -0.0544. The molecule has 2 fully saturated rings. The number of carbonyl (C=O) groups excluding carboxylic acids is 2. The fourth-order valence-corrected chi connectivity index (χ4v) is 3.47. The van der Waals surface area contributed by atoms with E-state index in [1.165, 1.54) is 0 Å². The molecule has 120 valence electrons. The minimum absolute atomic E-state index is 0.0289. The summed E-state index contributed by atoms with van der Waals surface area (Å²) in [5, 5.41) is 10.0. The molecule has 6 heteroatoms. The Balaban J connectivity index is 1.86. The summed E-state index contributed by atoms with van der Waals surface area (Å²) in [6, 6.07) is 0.0689. The second kappa shape index (κ2) is 7.22. The van der Waals surface area contributed by atoms with Crippen LogP contribution >= 0.6 is 0 Å². The Morgan fingerprint density at radius 3 is 2.62 bits per heavy atom. The lowest BCUT2D eigenvalue weighted by Crippen LogP contribution is -2.51. The molecule has 0 aromatic rings. The maximum atomic E-state index is 12.4. The average molecular weight is 297 g/mol. The first-order chi connectivity index (χ1) is 9.99. The van der Waals surface area contributed by atoms with E-state index in [-0.39, 0.29) is 29.9 Å². The molecular weight excluding hydrogens is 270 g/mol. The van der Waals surface area contributed by atoms with Crippen molar-refractivity contribution in [2.45, 2.75) is 50.7 Å². The van der Waals surface area contributed by atoms with Gasteiger partial charge in [-0.15, -0.1) is 0 Å². The third kappa shape index (κ3) is 4.17. The van der Waals surface area contributed by atoms with E-state index in [1.54, 1.807) is 4.90 Å². The van der Waals surface area contributed by atoms with Gasteiger partial charge in [0.05, 0.1) is 18.6 Å². The summed E-state index contributed by atoms with van der Waals surface area (Å²) in [6.45, 7) is 1.44. The molecule has 1 aliphatic heterocycles. The van der Waals surface area contributed by atoms with E-state index in [2.05, 4.69) is 0 Å². The van der Waals surface area contributed by atoms with E-state index in [9.17, 15) is 14.7 Å². The number of carbonyl (C=O) groups is 2. The Bertz CT molecular complexity index is 388. The van der Waals surface area contributed by atoms with Crippen LogP contribution in [0, 0.1) is 5.92 Å². The second-order valence-corrected chi connectivity index (χ2v) is 6.42. The Morgan fingerprint density at radius 1 is 1.24 bits per heavy atom. The SMILES string of the molecule is CN(CC(=O)N1CCCC(C(N)=O)C1)C1CCCCC1O. The van der Waals surface area contributed by atoms with Crippen molar-refractivity contribution in [3.05, 3.63) is 0 Å². The zero-order chi connectivity index (χ0) is 15.4. The molecule has 1 saturated heterocycles. The molecule has 2 amide bonds. The summed E-state index contributed by atoms with van der Waals surface area (Å²) in [5.74, 6) is -0.502. The summed E-state index contributed by atoms with van der Waals surface area (Å²) >= 11 is 0. The first kappa shape index (κ1) is 16.2. The maximum Gasteiger partial charge on any atom is 0.236 e. The fraction of sp³-hybridized carbons (Fsp3) is 0.867. The van der Waals surface area contributed by atoms with Crippen LogP contribution in [-0.4, -0.2) is 65.5 Å². The van der Waals surface area contributed by atoms with Crippen molar-refractivity contribution in [3.63, 3.8) is 0 Å². The number of hydrogen-bond donors (Lipinski definition) is 2. The van der Waals surface area contributed by atoms with Crippen LogP contribution in [-0.2, 0) is 9.59 Å². The molecule has 3 N–H and O–H groups in total. The summed E-state index contributed by atoms with van der Waals surface area (Å²) < 4.78 is 0. The largest absolute Gasteiger partial charge is 0.391 e. The Hall–Kier alpha value is -1.14. The monoisotopic (exact) mass is 297 g/mol. The number of hydrogen-bond acceptors (Lipinski definition) is 4. The van der Waals surface area contributed by atoms with Gasteiger partial charge in [0.2, 0.25) is 11.8 Å². The third-order valence-corrected chi connectivity index (χ3v) is 4.82. The van der Waals surface area contributed by atoms with Gasteiger partial charge in [-0.1, -0.05) is 12.8 Å². The molecule has 0 bridgehead atoms. The highest BCUT2D eigenvalue weighted by Gasteiger charge is 2.31. The van der Waals surface area contributed by atoms with Gasteiger partial charge < -0.3 is 15.7 Å². The van der Waals surface area contributed by atoms with Crippen LogP contribution in [0.2, 0.25) is 0 Å². The van der Waals surface area contributed by atoms with Gasteiger partial charge in [-0.3, -0.25) is 14.5 Å². The highest BCUT2D eigenvalue weighted by atomic mass is 16.3. The van der Waals surface area contributed by atoms with Gasteiger partial charge in [-0.05, 0) is 32.7 Å². The smallest absolute Gasteiger partial charge is 0.236 e. The predicted molar refractivity (Wildman–Crippen MR) is 79.4 cm³/mol. The number of amides is 2. The van der Waals surface area contributed by atoms with Gasteiger partial charge in [0.1, 0.15) is 0 Å². The van der Waals surface area contributed by atoms with Crippen molar-refractivity contribution < 1.29 is 14.7 Å². The van der Waals surface area contributed by atoms with E-state index in [0.29, 0.717) is 19.6 Å². The standard InChI is InChI=1S/C15H27N3O3/c1-17(12-6-2-3-7-13(12)19)10-14(20)18-8-4-5-11(9-18)15(16)21/h11-13,19H,2-10H2,1H3,(H2,16,21). The topological polar surface area (TPSA) is 86.9 Å². The quantitative estimate of drug-likeness (QED) is 0.761. The van der Waals surface area contributed by atoms with E-state index in [0.717, 1.165) is 38.5 Å². The van der Waals surface area contributed by atoms with Crippen molar-refractivity contribution in [1.29, 1.82) is 0 Å². The zero-order valence-electron chi connectivity index (χ0n) is 12.8. The molecule has 0 spiro atoms. The highest BCUT2D eigenvalue weighted by molar-refractivity contribution is 5.81. The third-order valence-electron chi connectivity index (χ3n) is 4.82. The molecule has 0 aromatic carbocycles. The molecule has 3 unspecified atom stereocenters. The van der Waals surface area contributed by atoms with Gasteiger partial charge in [0.15, 0.2) is 0 Å². The van der Waals surface area contributed by atoms with Crippen molar-refractivity contribution in [2.75, 3.05) is 26.7 Å². The number of primary amides is 1. The number of aliphatic hydroxyl groups is 1. The molecule has 0 radical (unpaired) electrons. The van der Waals surface area contributed by atoms with Gasteiger partial charge in [-0.2, -0.15) is 0 Å². The first-order valence-corrected chi connectivity index (χ1v) is 7.94. The van der Waals surface area contributed by atoms with E-state index >= 15 is 0 Å². The molecule has 3 atom stereocenters. The molecule has 1 aliphatic carbocycles.